The van der Waals surface area contributed by atoms with Crippen molar-refractivity contribution in [3.8, 4) is 0 Å². The Balaban J connectivity index is 1.99. The van der Waals surface area contributed by atoms with Crippen molar-refractivity contribution in [3.05, 3.63) is 51.3 Å². The Bertz CT molecular complexity index is 609. The molecule has 0 bridgehead atoms. The van der Waals surface area contributed by atoms with Gasteiger partial charge < -0.3 is 9.84 Å². The maximum absolute atomic E-state index is 10.6. The Kier molecular flexibility index (Phi) is 3.43. The van der Waals surface area contributed by atoms with Gasteiger partial charge in [-0.3, -0.25) is 4.68 Å². The number of benzene rings is 1. The Morgan fingerprint density at radius 2 is 2.21 bits per heavy atom. The van der Waals surface area contributed by atoms with Crippen LogP contribution >= 0.6 is 15.9 Å². The van der Waals surface area contributed by atoms with Crippen molar-refractivity contribution >= 4 is 15.9 Å². The molecule has 0 fully saturated rings. The van der Waals surface area contributed by atoms with Crippen LogP contribution in [0.15, 0.2) is 28.9 Å². The van der Waals surface area contributed by atoms with Crippen LogP contribution in [0.5, 0.6) is 0 Å². The molecule has 1 unspecified atom stereocenters. The first-order valence-electron chi connectivity index (χ1n) is 6.29. The highest BCUT2D eigenvalue weighted by Crippen LogP contribution is 2.31. The lowest BCUT2D eigenvalue weighted by Crippen LogP contribution is -2.10. The molecule has 19 heavy (non-hydrogen) atoms. The number of aromatic nitrogens is 2. The van der Waals surface area contributed by atoms with Gasteiger partial charge in [0.05, 0.1) is 29.6 Å². The van der Waals surface area contributed by atoms with Crippen molar-refractivity contribution in [2.75, 3.05) is 0 Å². The molecule has 1 atom stereocenters. The minimum Gasteiger partial charge on any atom is -0.382 e. The van der Waals surface area contributed by atoms with Gasteiger partial charge in [-0.05, 0) is 39.5 Å². The van der Waals surface area contributed by atoms with Gasteiger partial charge in [-0.25, -0.2) is 0 Å². The molecule has 1 aliphatic heterocycles. The van der Waals surface area contributed by atoms with Gasteiger partial charge in [0.1, 0.15) is 6.10 Å². The summed E-state index contributed by atoms with van der Waals surface area (Å²) in [6, 6.07) is 6.01. The van der Waals surface area contributed by atoms with E-state index in [1.54, 1.807) is 10.9 Å². The van der Waals surface area contributed by atoms with E-state index in [-0.39, 0.29) is 0 Å². The highest BCUT2D eigenvalue weighted by atomic mass is 79.9. The summed E-state index contributed by atoms with van der Waals surface area (Å²) < 4.78 is 8.04. The van der Waals surface area contributed by atoms with Gasteiger partial charge in [-0.1, -0.05) is 18.2 Å². The molecule has 2 aromatic rings. The van der Waals surface area contributed by atoms with Crippen LogP contribution in [0, 0.1) is 0 Å². The average Bonchev–Trinajstić information content (AvgIpc) is 3.02. The fraction of sp³-hybridized carbons (Fsp3) is 0.357. The van der Waals surface area contributed by atoms with Gasteiger partial charge in [0, 0.05) is 6.54 Å². The van der Waals surface area contributed by atoms with Crippen LogP contribution < -0.4 is 0 Å². The quantitative estimate of drug-likeness (QED) is 0.945. The first kappa shape index (κ1) is 12.8. The molecule has 100 valence electrons. The molecule has 0 radical (unpaired) electrons. The molecule has 0 amide bonds. The van der Waals surface area contributed by atoms with Crippen molar-refractivity contribution in [1.82, 2.24) is 9.78 Å². The molecule has 0 saturated heterocycles. The second-order valence-electron chi connectivity index (χ2n) is 4.62. The molecule has 2 heterocycles. The molecule has 1 aromatic heterocycles. The number of aryl methyl sites for hydroxylation is 1. The second-order valence-corrected chi connectivity index (χ2v) is 5.47. The van der Waals surface area contributed by atoms with E-state index in [4.69, 9.17) is 4.74 Å². The molecular formula is C14H15BrN2O2. The van der Waals surface area contributed by atoms with Gasteiger partial charge in [-0.2, -0.15) is 5.10 Å². The number of fused-ring (bicyclic) bond motifs is 1. The summed E-state index contributed by atoms with van der Waals surface area (Å²) in [5.74, 6) is 0. The second kappa shape index (κ2) is 5.07. The smallest absolute Gasteiger partial charge is 0.122 e. The lowest BCUT2D eigenvalue weighted by atomic mass is 10.0. The van der Waals surface area contributed by atoms with E-state index in [0.717, 1.165) is 27.8 Å². The zero-order chi connectivity index (χ0) is 13.4. The highest BCUT2D eigenvalue weighted by Gasteiger charge is 2.21. The minimum absolute atomic E-state index is 0.629. The first-order valence-corrected chi connectivity index (χ1v) is 7.08. The summed E-state index contributed by atoms with van der Waals surface area (Å²) in [6.07, 6.45) is 1.04. The number of aliphatic hydroxyl groups is 1. The van der Waals surface area contributed by atoms with Crippen LogP contribution in [0.1, 0.15) is 35.4 Å². The predicted molar refractivity (Wildman–Crippen MR) is 74.6 cm³/mol. The zero-order valence-electron chi connectivity index (χ0n) is 10.6. The molecule has 0 aliphatic carbocycles. The number of hydrogen-bond acceptors (Lipinski definition) is 3. The SMILES string of the molecule is CCn1ncc(Br)c1C(O)c1ccc2c(c1)COC2. The van der Waals surface area contributed by atoms with Crippen LogP contribution in [0.4, 0.5) is 0 Å². The maximum atomic E-state index is 10.6. The standard InChI is InChI=1S/C14H15BrN2O2/c1-2-17-13(12(15)6-16-17)14(18)9-3-4-10-7-19-8-11(10)5-9/h3-6,14,18H,2,7-8H2,1H3. The normalized spacial score (nSPS) is 15.5. The third-order valence-corrected chi connectivity index (χ3v) is 4.06. The monoisotopic (exact) mass is 322 g/mol. The maximum Gasteiger partial charge on any atom is 0.122 e. The third kappa shape index (κ3) is 2.22. The Labute approximate surface area is 120 Å². The van der Waals surface area contributed by atoms with Crippen molar-refractivity contribution in [3.63, 3.8) is 0 Å². The summed E-state index contributed by atoms with van der Waals surface area (Å²) in [5.41, 5.74) is 4.04. The fourth-order valence-electron chi connectivity index (χ4n) is 2.42. The predicted octanol–water partition coefficient (Wildman–Crippen LogP) is 2.78. The van der Waals surface area contributed by atoms with Crippen molar-refractivity contribution < 1.29 is 9.84 Å². The summed E-state index contributed by atoms with van der Waals surface area (Å²) >= 11 is 3.45. The number of rotatable bonds is 3. The van der Waals surface area contributed by atoms with Gasteiger partial charge in [0.2, 0.25) is 0 Å². The molecule has 1 aliphatic rings. The molecule has 0 saturated carbocycles. The molecule has 1 aromatic carbocycles. The highest BCUT2D eigenvalue weighted by molar-refractivity contribution is 9.10. The van der Waals surface area contributed by atoms with Gasteiger partial charge in [0.25, 0.3) is 0 Å². The van der Waals surface area contributed by atoms with E-state index in [2.05, 4.69) is 21.0 Å². The molecule has 5 heteroatoms. The number of ether oxygens (including phenoxy) is 1. The summed E-state index contributed by atoms with van der Waals surface area (Å²) in [5, 5.41) is 14.8. The fourth-order valence-corrected chi connectivity index (χ4v) is 2.93. The topological polar surface area (TPSA) is 47.3 Å². The third-order valence-electron chi connectivity index (χ3n) is 3.45. The molecule has 0 spiro atoms. The Morgan fingerprint density at radius 3 is 3.00 bits per heavy atom. The van der Waals surface area contributed by atoms with E-state index >= 15 is 0 Å². The molecule has 3 rings (SSSR count). The largest absolute Gasteiger partial charge is 0.382 e. The first-order chi connectivity index (χ1) is 9.20. The van der Waals surface area contributed by atoms with E-state index in [1.165, 1.54) is 5.56 Å². The summed E-state index contributed by atoms with van der Waals surface area (Å²) in [7, 11) is 0. The van der Waals surface area contributed by atoms with Crippen LogP contribution in [-0.2, 0) is 24.5 Å². The van der Waals surface area contributed by atoms with Gasteiger partial charge in [-0.15, -0.1) is 0 Å². The number of hydrogen-bond donors (Lipinski definition) is 1. The molecule has 4 nitrogen and oxygen atoms in total. The van der Waals surface area contributed by atoms with Crippen LogP contribution in [0.2, 0.25) is 0 Å². The number of nitrogens with zero attached hydrogens (tertiary/aromatic N) is 2. The van der Waals surface area contributed by atoms with Crippen LogP contribution in [0.25, 0.3) is 0 Å². The molecule has 1 N–H and O–H groups in total. The average molecular weight is 323 g/mol. The van der Waals surface area contributed by atoms with Crippen LogP contribution in [0.3, 0.4) is 0 Å². The van der Waals surface area contributed by atoms with Crippen molar-refractivity contribution in [1.29, 1.82) is 0 Å². The summed E-state index contributed by atoms with van der Waals surface area (Å²) in [4.78, 5) is 0. The lowest BCUT2D eigenvalue weighted by Gasteiger charge is -2.14. The van der Waals surface area contributed by atoms with E-state index in [1.807, 2.05) is 25.1 Å². The minimum atomic E-state index is -0.678. The van der Waals surface area contributed by atoms with Gasteiger partial charge in [0.15, 0.2) is 0 Å². The van der Waals surface area contributed by atoms with E-state index < -0.39 is 6.10 Å². The number of halogens is 1. The van der Waals surface area contributed by atoms with Crippen LogP contribution in [-0.4, -0.2) is 14.9 Å². The Morgan fingerprint density at radius 1 is 1.42 bits per heavy atom. The van der Waals surface area contributed by atoms with Crippen molar-refractivity contribution in [2.45, 2.75) is 32.8 Å². The molecular weight excluding hydrogens is 308 g/mol. The van der Waals surface area contributed by atoms with Gasteiger partial charge >= 0.3 is 0 Å². The summed E-state index contributed by atoms with van der Waals surface area (Å²) in [6.45, 7) is 4.03. The Hall–Kier alpha value is -1.17. The van der Waals surface area contributed by atoms with Crippen molar-refractivity contribution in [2.24, 2.45) is 0 Å². The number of aliphatic hydroxyl groups excluding tert-OH is 1. The van der Waals surface area contributed by atoms with E-state index in [9.17, 15) is 5.11 Å². The lowest BCUT2D eigenvalue weighted by molar-refractivity contribution is 0.134. The zero-order valence-corrected chi connectivity index (χ0v) is 12.2. The van der Waals surface area contributed by atoms with E-state index in [0.29, 0.717) is 13.2 Å².